The average Bonchev–Trinajstić information content (AvgIpc) is 2.57. The first-order valence-corrected chi connectivity index (χ1v) is 9.10. The second kappa shape index (κ2) is 6.17. The number of halogens is 2. The van der Waals surface area contributed by atoms with Crippen LogP contribution in [0.25, 0.3) is 22.3 Å². The maximum absolute atomic E-state index is 13.8. The lowest BCUT2D eigenvalue weighted by Gasteiger charge is -2.12. The van der Waals surface area contributed by atoms with Crippen LogP contribution in [-0.4, -0.2) is 14.7 Å². The molecule has 0 saturated heterocycles. The Morgan fingerprint density at radius 1 is 0.708 bits per heavy atom. The van der Waals surface area contributed by atoms with Crippen molar-refractivity contribution in [2.75, 3.05) is 6.26 Å². The van der Waals surface area contributed by atoms with E-state index < -0.39 is 21.5 Å². The van der Waals surface area contributed by atoms with E-state index in [2.05, 4.69) is 0 Å². The van der Waals surface area contributed by atoms with Gasteiger partial charge in [-0.15, -0.1) is 0 Å². The Hall–Kier alpha value is -2.53. The fourth-order valence-corrected chi connectivity index (χ4v) is 3.15. The summed E-state index contributed by atoms with van der Waals surface area (Å²) in [4.78, 5) is 0.176. The normalized spacial score (nSPS) is 11.5. The molecule has 0 amide bonds. The third kappa shape index (κ3) is 3.21. The lowest BCUT2D eigenvalue weighted by Crippen LogP contribution is -1.97. The van der Waals surface area contributed by atoms with Crippen molar-refractivity contribution in [2.24, 2.45) is 0 Å². The Bertz CT molecular complexity index is 980. The topological polar surface area (TPSA) is 34.1 Å². The van der Waals surface area contributed by atoms with Crippen molar-refractivity contribution in [1.29, 1.82) is 0 Å². The number of rotatable bonds is 3. The molecule has 0 aliphatic heterocycles. The van der Waals surface area contributed by atoms with E-state index in [1.807, 2.05) is 18.2 Å². The van der Waals surface area contributed by atoms with E-state index in [1.165, 1.54) is 12.1 Å². The molecule has 0 heterocycles. The van der Waals surface area contributed by atoms with Crippen LogP contribution in [0, 0.1) is 11.6 Å². The molecule has 122 valence electrons. The Kier molecular flexibility index (Phi) is 4.20. The van der Waals surface area contributed by atoms with Gasteiger partial charge in [0.15, 0.2) is 21.5 Å². The van der Waals surface area contributed by atoms with Crippen LogP contribution in [-0.2, 0) is 9.84 Å². The first-order valence-electron chi connectivity index (χ1n) is 7.21. The van der Waals surface area contributed by atoms with Crippen LogP contribution in [0.3, 0.4) is 0 Å². The van der Waals surface area contributed by atoms with Gasteiger partial charge >= 0.3 is 0 Å². The van der Waals surface area contributed by atoms with Crippen LogP contribution < -0.4 is 0 Å². The predicted molar refractivity (Wildman–Crippen MR) is 90.3 cm³/mol. The molecule has 0 unspecified atom stereocenters. The van der Waals surface area contributed by atoms with Gasteiger partial charge in [0.1, 0.15) is 0 Å². The molecule has 3 aromatic rings. The highest BCUT2D eigenvalue weighted by atomic mass is 32.2. The van der Waals surface area contributed by atoms with Crippen molar-refractivity contribution in [2.45, 2.75) is 4.90 Å². The molecule has 3 rings (SSSR count). The Morgan fingerprint density at radius 3 is 1.62 bits per heavy atom. The van der Waals surface area contributed by atoms with Crippen molar-refractivity contribution in [3.05, 3.63) is 78.4 Å². The summed E-state index contributed by atoms with van der Waals surface area (Å²) in [6.45, 7) is 0. The third-order valence-electron chi connectivity index (χ3n) is 3.74. The van der Waals surface area contributed by atoms with Crippen LogP contribution in [0.5, 0.6) is 0 Å². The highest BCUT2D eigenvalue weighted by Crippen LogP contribution is 2.34. The van der Waals surface area contributed by atoms with Gasteiger partial charge in [0.25, 0.3) is 0 Å². The average molecular weight is 344 g/mol. The molecule has 0 saturated carbocycles. The van der Waals surface area contributed by atoms with Crippen molar-refractivity contribution in [3.63, 3.8) is 0 Å². The zero-order chi connectivity index (χ0) is 17.3. The van der Waals surface area contributed by atoms with Crippen LogP contribution >= 0.6 is 0 Å². The van der Waals surface area contributed by atoms with Gasteiger partial charge in [0.05, 0.1) is 4.90 Å². The minimum atomic E-state index is -3.31. The third-order valence-corrected chi connectivity index (χ3v) is 4.87. The van der Waals surface area contributed by atoms with E-state index in [0.717, 1.165) is 24.0 Å². The summed E-state index contributed by atoms with van der Waals surface area (Å²) in [6, 6.07) is 17.5. The second-order valence-corrected chi connectivity index (χ2v) is 7.49. The zero-order valence-electron chi connectivity index (χ0n) is 12.8. The second-order valence-electron chi connectivity index (χ2n) is 5.47. The molecule has 0 aliphatic carbocycles. The van der Waals surface area contributed by atoms with Crippen LogP contribution in [0.4, 0.5) is 8.78 Å². The first-order chi connectivity index (χ1) is 11.4. The van der Waals surface area contributed by atoms with Crippen LogP contribution in [0.2, 0.25) is 0 Å². The lowest BCUT2D eigenvalue weighted by molar-refractivity contribution is 0.509. The Balaban J connectivity index is 2.19. The van der Waals surface area contributed by atoms with Gasteiger partial charge in [-0.05, 0) is 46.5 Å². The predicted octanol–water partition coefficient (Wildman–Crippen LogP) is 4.70. The molecule has 0 N–H and O–H groups in total. The standard InChI is InChI=1S/C19H14F2O2S/c1-24(22,23)15-9-7-14(8-10-15)17-12-19(21)18(20)11-16(17)13-5-3-2-4-6-13/h2-12H,1H3. The number of hydrogen-bond acceptors (Lipinski definition) is 2. The molecule has 2 nitrogen and oxygen atoms in total. The molecule has 0 fully saturated rings. The molecule has 0 atom stereocenters. The summed E-state index contributed by atoms with van der Waals surface area (Å²) in [5.41, 5.74) is 2.40. The summed E-state index contributed by atoms with van der Waals surface area (Å²) in [7, 11) is -3.31. The molecule has 0 bridgehead atoms. The largest absolute Gasteiger partial charge is 0.224 e. The Morgan fingerprint density at radius 2 is 1.17 bits per heavy atom. The van der Waals surface area contributed by atoms with Crippen molar-refractivity contribution >= 4 is 9.84 Å². The molecule has 5 heteroatoms. The molecular formula is C19H14F2O2S. The summed E-state index contributed by atoms with van der Waals surface area (Å²) in [5.74, 6) is -1.87. The van der Waals surface area contributed by atoms with E-state index in [4.69, 9.17) is 0 Å². The van der Waals surface area contributed by atoms with E-state index >= 15 is 0 Å². The quantitative estimate of drug-likeness (QED) is 0.690. The van der Waals surface area contributed by atoms with Gasteiger partial charge < -0.3 is 0 Å². The smallest absolute Gasteiger partial charge is 0.175 e. The van der Waals surface area contributed by atoms with Crippen LogP contribution in [0.15, 0.2) is 71.6 Å². The molecule has 0 radical (unpaired) electrons. The Labute approximate surface area is 139 Å². The molecule has 0 aliphatic rings. The minimum Gasteiger partial charge on any atom is -0.224 e. The maximum atomic E-state index is 13.8. The number of sulfone groups is 1. The zero-order valence-corrected chi connectivity index (χ0v) is 13.6. The van der Waals surface area contributed by atoms with Crippen molar-refractivity contribution < 1.29 is 17.2 Å². The van der Waals surface area contributed by atoms with Crippen molar-refractivity contribution in [3.8, 4) is 22.3 Å². The summed E-state index contributed by atoms with van der Waals surface area (Å²) < 4.78 is 50.6. The first kappa shape index (κ1) is 16.3. The fourth-order valence-electron chi connectivity index (χ4n) is 2.52. The van der Waals surface area contributed by atoms with E-state index in [0.29, 0.717) is 16.7 Å². The maximum Gasteiger partial charge on any atom is 0.175 e. The molecule has 0 aromatic heterocycles. The molecule has 0 spiro atoms. The monoisotopic (exact) mass is 344 g/mol. The van der Waals surface area contributed by atoms with Crippen molar-refractivity contribution in [1.82, 2.24) is 0 Å². The van der Waals surface area contributed by atoms with Gasteiger partial charge in [-0.25, -0.2) is 17.2 Å². The van der Waals surface area contributed by atoms with Crippen LogP contribution in [0.1, 0.15) is 0 Å². The molecule has 3 aromatic carbocycles. The molecular weight excluding hydrogens is 330 g/mol. The number of hydrogen-bond donors (Lipinski definition) is 0. The van der Waals surface area contributed by atoms with Gasteiger partial charge in [-0.3, -0.25) is 0 Å². The van der Waals surface area contributed by atoms with E-state index in [-0.39, 0.29) is 4.90 Å². The lowest BCUT2D eigenvalue weighted by atomic mass is 9.94. The summed E-state index contributed by atoms with van der Waals surface area (Å²) >= 11 is 0. The number of benzene rings is 3. The molecule has 24 heavy (non-hydrogen) atoms. The van der Waals surface area contributed by atoms with E-state index in [1.54, 1.807) is 24.3 Å². The van der Waals surface area contributed by atoms with Gasteiger partial charge in [0, 0.05) is 6.26 Å². The minimum absolute atomic E-state index is 0.176. The fraction of sp³-hybridized carbons (Fsp3) is 0.0526. The summed E-state index contributed by atoms with van der Waals surface area (Å²) in [6.07, 6.45) is 1.12. The SMILES string of the molecule is CS(=O)(=O)c1ccc(-c2cc(F)c(F)cc2-c2ccccc2)cc1. The van der Waals surface area contributed by atoms with Gasteiger partial charge in [0.2, 0.25) is 0 Å². The highest BCUT2D eigenvalue weighted by Gasteiger charge is 2.14. The summed E-state index contributed by atoms with van der Waals surface area (Å²) in [5, 5.41) is 0. The van der Waals surface area contributed by atoms with E-state index in [9.17, 15) is 17.2 Å². The van der Waals surface area contributed by atoms with Gasteiger partial charge in [-0.2, -0.15) is 0 Å². The highest BCUT2D eigenvalue weighted by molar-refractivity contribution is 7.90. The van der Waals surface area contributed by atoms with Gasteiger partial charge in [-0.1, -0.05) is 42.5 Å².